The van der Waals surface area contributed by atoms with Crippen LogP contribution in [0.25, 0.3) is 0 Å². The predicted molar refractivity (Wildman–Crippen MR) is 113 cm³/mol. The standard InChI is InChI=1S/C22H39BrNO/c1-5-6-7-8-9-10-11-12-13-14-19-24(3,4)20(2)25-22-17-15-21(23)16-18-22/h15-18,20H,5-14,19H2,1-4H3/q+1. The number of benzene rings is 1. The molecule has 0 spiro atoms. The first kappa shape index (κ1) is 22.5. The van der Waals surface area contributed by atoms with E-state index >= 15 is 0 Å². The minimum atomic E-state index is 0.166. The summed E-state index contributed by atoms with van der Waals surface area (Å²) in [5.41, 5.74) is 0. The lowest BCUT2D eigenvalue weighted by atomic mass is 10.1. The quantitative estimate of drug-likeness (QED) is 0.178. The summed E-state index contributed by atoms with van der Waals surface area (Å²) in [5, 5.41) is 0. The summed E-state index contributed by atoms with van der Waals surface area (Å²) in [6.07, 6.45) is 14.1. The van der Waals surface area contributed by atoms with Crippen LogP contribution < -0.4 is 4.74 Å². The van der Waals surface area contributed by atoms with Crippen molar-refractivity contribution < 1.29 is 9.22 Å². The Bertz CT molecular complexity index is 444. The van der Waals surface area contributed by atoms with Crippen LogP contribution in [0.3, 0.4) is 0 Å². The van der Waals surface area contributed by atoms with Crippen molar-refractivity contribution in [1.82, 2.24) is 0 Å². The molecule has 0 heterocycles. The van der Waals surface area contributed by atoms with Crippen LogP contribution in [0, 0.1) is 0 Å². The van der Waals surface area contributed by atoms with Gasteiger partial charge in [0.2, 0.25) is 6.23 Å². The molecule has 1 unspecified atom stereocenters. The number of unbranched alkanes of at least 4 members (excludes halogenated alkanes) is 9. The highest BCUT2D eigenvalue weighted by atomic mass is 79.9. The molecule has 25 heavy (non-hydrogen) atoms. The summed E-state index contributed by atoms with van der Waals surface area (Å²) in [5.74, 6) is 0.949. The fraction of sp³-hybridized carbons (Fsp3) is 0.727. The first-order valence-electron chi connectivity index (χ1n) is 10.2. The van der Waals surface area contributed by atoms with Crippen molar-refractivity contribution in [3.63, 3.8) is 0 Å². The Kier molecular flexibility index (Phi) is 11.5. The second-order valence-corrected chi connectivity index (χ2v) is 8.77. The van der Waals surface area contributed by atoms with E-state index in [9.17, 15) is 0 Å². The second kappa shape index (κ2) is 12.8. The van der Waals surface area contributed by atoms with Gasteiger partial charge in [-0.15, -0.1) is 0 Å². The van der Waals surface area contributed by atoms with Gasteiger partial charge in [-0.25, -0.2) is 0 Å². The van der Waals surface area contributed by atoms with E-state index in [1.807, 2.05) is 24.3 Å². The molecule has 0 saturated carbocycles. The third-order valence-corrected chi connectivity index (χ3v) is 5.72. The van der Waals surface area contributed by atoms with Gasteiger partial charge >= 0.3 is 0 Å². The Morgan fingerprint density at radius 3 is 1.84 bits per heavy atom. The molecule has 0 aliphatic rings. The molecular formula is C22H39BrNO+. The third kappa shape index (κ3) is 10.3. The predicted octanol–water partition coefficient (Wildman–Crippen LogP) is 7.17. The lowest BCUT2D eigenvalue weighted by Gasteiger charge is -2.35. The first-order valence-corrected chi connectivity index (χ1v) is 11.0. The van der Waals surface area contributed by atoms with E-state index in [1.54, 1.807) is 0 Å². The summed E-state index contributed by atoms with van der Waals surface area (Å²) in [6, 6.07) is 8.12. The van der Waals surface area contributed by atoms with Crippen molar-refractivity contribution in [3.8, 4) is 5.75 Å². The van der Waals surface area contributed by atoms with E-state index in [4.69, 9.17) is 4.74 Å². The van der Waals surface area contributed by atoms with Crippen LogP contribution >= 0.6 is 15.9 Å². The Balaban J connectivity index is 2.12. The topological polar surface area (TPSA) is 9.23 Å². The Morgan fingerprint density at radius 1 is 0.840 bits per heavy atom. The smallest absolute Gasteiger partial charge is 0.230 e. The summed E-state index contributed by atoms with van der Waals surface area (Å²) >= 11 is 3.47. The molecule has 0 saturated heterocycles. The molecule has 1 rings (SSSR count). The number of hydrogen-bond acceptors (Lipinski definition) is 1. The van der Waals surface area contributed by atoms with Crippen molar-refractivity contribution in [2.75, 3.05) is 20.6 Å². The maximum Gasteiger partial charge on any atom is 0.230 e. The van der Waals surface area contributed by atoms with Gasteiger partial charge in [0.1, 0.15) is 5.75 Å². The molecule has 0 amide bonds. The van der Waals surface area contributed by atoms with Crippen molar-refractivity contribution in [2.24, 2.45) is 0 Å². The average Bonchev–Trinajstić information content (AvgIpc) is 2.58. The zero-order valence-electron chi connectivity index (χ0n) is 16.9. The zero-order chi connectivity index (χ0) is 18.5. The van der Waals surface area contributed by atoms with Crippen LogP contribution in [0.4, 0.5) is 0 Å². The Hall–Kier alpha value is -0.540. The molecule has 0 radical (unpaired) electrons. The molecule has 144 valence electrons. The van der Waals surface area contributed by atoms with E-state index in [-0.39, 0.29) is 6.23 Å². The molecule has 0 aliphatic heterocycles. The molecule has 0 aromatic heterocycles. The molecule has 0 N–H and O–H groups in total. The van der Waals surface area contributed by atoms with Gasteiger partial charge in [0.05, 0.1) is 20.6 Å². The lowest BCUT2D eigenvalue weighted by Crippen LogP contribution is -2.50. The first-order chi connectivity index (χ1) is 12.0. The largest absolute Gasteiger partial charge is 0.443 e. The Morgan fingerprint density at radius 2 is 1.32 bits per heavy atom. The van der Waals surface area contributed by atoms with Gasteiger partial charge in [0, 0.05) is 11.4 Å². The minimum absolute atomic E-state index is 0.166. The van der Waals surface area contributed by atoms with E-state index in [1.165, 1.54) is 70.8 Å². The van der Waals surface area contributed by atoms with E-state index in [2.05, 4.69) is 43.9 Å². The number of ether oxygens (including phenoxy) is 1. The number of nitrogens with zero attached hydrogens (tertiary/aromatic N) is 1. The number of quaternary nitrogens is 1. The van der Waals surface area contributed by atoms with Gasteiger partial charge in [-0.1, -0.05) is 74.2 Å². The van der Waals surface area contributed by atoms with Gasteiger partial charge < -0.3 is 4.74 Å². The highest BCUT2D eigenvalue weighted by Gasteiger charge is 2.24. The van der Waals surface area contributed by atoms with Gasteiger partial charge in [-0.2, -0.15) is 0 Å². The molecule has 1 aromatic rings. The van der Waals surface area contributed by atoms with Crippen LogP contribution in [0.15, 0.2) is 28.7 Å². The van der Waals surface area contributed by atoms with Crippen molar-refractivity contribution >= 4 is 15.9 Å². The van der Waals surface area contributed by atoms with E-state index < -0.39 is 0 Å². The summed E-state index contributed by atoms with van der Waals surface area (Å²) in [6.45, 7) is 5.64. The highest BCUT2D eigenvalue weighted by Crippen LogP contribution is 2.20. The fourth-order valence-corrected chi connectivity index (χ4v) is 3.31. The van der Waals surface area contributed by atoms with Crippen LogP contribution in [0.2, 0.25) is 0 Å². The summed E-state index contributed by atoms with van der Waals surface area (Å²) < 4.78 is 8.13. The van der Waals surface area contributed by atoms with E-state index in [0.29, 0.717) is 0 Å². The monoisotopic (exact) mass is 412 g/mol. The number of hydrogen-bond donors (Lipinski definition) is 0. The average molecular weight is 413 g/mol. The maximum absolute atomic E-state index is 6.13. The molecule has 3 heteroatoms. The third-order valence-electron chi connectivity index (χ3n) is 5.19. The molecular weight excluding hydrogens is 374 g/mol. The number of halogens is 1. The minimum Gasteiger partial charge on any atom is -0.443 e. The zero-order valence-corrected chi connectivity index (χ0v) is 18.5. The van der Waals surface area contributed by atoms with Gasteiger partial charge in [-0.3, -0.25) is 4.48 Å². The van der Waals surface area contributed by atoms with Crippen molar-refractivity contribution in [1.29, 1.82) is 0 Å². The van der Waals surface area contributed by atoms with Gasteiger partial charge in [0.15, 0.2) is 0 Å². The van der Waals surface area contributed by atoms with Crippen molar-refractivity contribution in [3.05, 3.63) is 28.7 Å². The normalized spacial score (nSPS) is 13.0. The Labute approximate surface area is 164 Å². The van der Waals surface area contributed by atoms with Crippen LogP contribution in [0.5, 0.6) is 5.75 Å². The SMILES string of the molecule is CCCCCCCCCCCC[N+](C)(C)C(C)Oc1ccc(Br)cc1. The fourth-order valence-electron chi connectivity index (χ4n) is 3.04. The van der Waals surface area contributed by atoms with Gasteiger partial charge in [-0.05, 0) is 37.1 Å². The van der Waals surface area contributed by atoms with Crippen molar-refractivity contribution in [2.45, 2.75) is 84.3 Å². The van der Waals surface area contributed by atoms with E-state index in [0.717, 1.165) is 14.7 Å². The lowest BCUT2D eigenvalue weighted by molar-refractivity contribution is -0.931. The molecule has 1 atom stereocenters. The molecule has 1 aromatic carbocycles. The van der Waals surface area contributed by atoms with Crippen LogP contribution in [-0.2, 0) is 0 Å². The maximum atomic E-state index is 6.13. The number of rotatable bonds is 14. The molecule has 0 bridgehead atoms. The van der Waals surface area contributed by atoms with Gasteiger partial charge in [0.25, 0.3) is 0 Å². The second-order valence-electron chi connectivity index (χ2n) is 7.86. The molecule has 2 nitrogen and oxygen atoms in total. The summed E-state index contributed by atoms with van der Waals surface area (Å²) in [4.78, 5) is 0. The van der Waals surface area contributed by atoms with Crippen LogP contribution in [0.1, 0.15) is 78.1 Å². The summed E-state index contributed by atoms with van der Waals surface area (Å²) in [7, 11) is 4.55. The van der Waals surface area contributed by atoms with Crippen LogP contribution in [-0.4, -0.2) is 31.4 Å². The highest BCUT2D eigenvalue weighted by molar-refractivity contribution is 9.10. The molecule has 0 aliphatic carbocycles. The molecule has 0 fully saturated rings.